The van der Waals surface area contributed by atoms with Crippen LogP contribution in [0.1, 0.15) is 5.56 Å². The van der Waals surface area contributed by atoms with Crippen LogP contribution in [-0.4, -0.2) is 8.42 Å². The molecule has 6 heteroatoms. The Morgan fingerprint density at radius 2 is 1.93 bits per heavy atom. The summed E-state index contributed by atoms with van der Waals surface area (Å²) in [4.78, 5) is 0. The molecule has 0 aliphatic heterocycles. The Hall–Kier alpha value is -1.27. The van der Waals surface area contributed by atoms with Crippen molar-refractivity contribution in [2.75, 3.05) is 0 Å². The van der Waals surface area contributed by atoms with Gasteiger partial charge in [0.2, 0.25) is 10.0 Å². The van der Waals surface area contributed by atoms with Gasteiger partial charge in [0, 0.05) is 17.0 Å². The van der Waals surface area contributed by atoms with E-state index in [-0.39, 0.29) is 5.56 Å². The van der Waals surface area contributed by atoms with Crippen molar-refractivity contribution in [1.29, 1.82) is 0 Å². The van der Waals surface area contributed by atoms with Crippen molar-refractivity contribution >= 4 is 16.1 Å². The molecule has 0 heterocycles. The van der Waals surface area contributed by atoms with Gasteiger partial charge >= 0.3 is 0 Å². The van der Waals surface area contributed by atoms with Gasteiger partial charge in [0.25, 0.3) is 0 Å². The first-order chi connectivity index (χ1) is 6.38. The molecule has 1 rings (SSSR count). The lowest BCUT2D eigenvalue weighted by molar-refractivity contribution is 0.581. The average molecular weight is 219 g/mol. The standard InChI is InChI=1S/C8H7F2NO2S/c9-7-2-1-6(8(10)5-7)3-4-14(11,12)13/h1-5H,(H2,11,12,13)/b4-3+. The van der Waals surface area contributed by atoms with Crippen LogP contribution in [-0.2, 0) is 10.0 Å². The fourth-order valence-electron chi connectivity index (χ4n) is 0.805. The zero-order valence-electron chi connectivity index (χ0n) is 6.94. The Morgan fingerprint density at radius 1 is 1.29 bits per heavy atom. The van der Waals surface area contributed by atoms with Crippen molar-refractivity contribution in [3.05, 3.63) is 40.8 Å². The zero-order valence-corrected chi connectivity index (χ0v) is 7.76. The molecule has 1 aromatic carbocycles. The fraction of sp³-hybridized carbons (Fsp3) is 0. The molecule has 0 fully saturated rings. The van der Waals surface area contributed by atoms with Crippen LogP contribution in [0.25, 0.3) is 6.08 Å². The van der Waals surface area contributed by atoms with Crippen LogP contribution in [0, 0.1) is 11.6 Å². The van der Waals surface area contributed by atoms with Crippen LogP contribution in [0.4, 0.5) is 8.78 Å². The van der Waals surface area contributed by atoms with Crippen LogP contribution in [0.2, 0.25) is 0 Å². The molecule has 3 nitrogen and oxygen atoms in total. The van der Waals surface area contributed by atoms with Gasteiger partial charge in [-0.25, -0.2) is 22.3 Å². The van der Waals surface area contributed by atoms with E-state index in [0.717, 1.165) is 18.2 Å². The predicted octanol–water partition coefficient (Wildman–Crippen LogP) is 1.22. The molecule has 0 amide bonds. The minimum atomic E-state index is -3.79. The summed E-state index contributed by atoms with van der Waals surface area (Å²) >= 11 is 0. The average Bonchev–Trinajstić information content (AvgIpc) is 2.00. The summed E-state index contributed by atoms with van der Waals surface area (Å²) in [5.41, 5.74) is -0.0413. The van der Waals surface area contributed by atoms with Crippen LogP contribution in [0.3, 0.4) is 0 Å². The first-order valence-electron chi connectivity index (χ1n) is 3.54. The Balaban J connectivity index is 3.05. The maximum absolute atomic E-state index is 12.9. The topological polar surface area (TPSA) is 60.2 Å². The molecular weight excluding hydrogens is 212 g/mol. The minimum absolute atomic E-state index is 0.0413. The van der Waals surface area contributed by atoms with E-state index in [1.807, 2.05) is 0 Å². The molecule has 0 saturated heterocycles. The molecule has 2 N–H and O–H groups in total. The number of halogens is 2. The van der Waals surface area contributed by atoms with Gasteiger partial charge in [-0.1, -0.05) is 0 Å². The molecular formula is C8H7F2NO2S. The molecule has 1 aromatic rings. The predicted molar refractivity (Wildman–Crippen MR) is 48.5 cm³/mol. The normalized spacial score (nSPS) is 12.2. The van der Waals surface area contributed by atoms with Gasteiger partial charge in [0.15, 0.2) is 0 Å². The van der Waals surface area contributed by atoms with E-state index in [1.54, 1.807) is 0 Å². The van der Waals surface area contributed by atoms with Crippen molar-refractivity contribution in [2.24, 2.45) is 5.14 Å². The molecule has 0 spiro atoms. The first-order valence-corrected chi connectivity index (χ1v) is 5.15. The van der Waals surface area contributed by atoms with Crippen molar-refractivity contribution < 1.29 is 17.2 Å². The van der Waals surface area contributed by atoms with Crippen LogP contribution in [0.5, 0.6) is 0 Å². The van der Waals surface area contributed by atoms with Gasteiger partial charge < -0.3 is 0 Å². The summed E-state index contributed by atoms with van der Waals surface area (Å²) in [7, 11) is -3.79. The van der Waals surface area contributed by atoms with Crippen LogP contribution in [0.15, 0.2) is 23.6 Å². The summed E-state index contributed by atoms with van der Waals surface area (Å²) in [5.74, 6) is -1.57. The molecule has 0 aliphatic rings. The Kier molecular flexibility index (Phi) is 2.97. The molecule has 0 radical (unpaired) electrons. The van der Waals surface area contributed by atoms with Crippen molar-refractivity contribution in [1.82, 2.24) is 0 Å². The zero-order chi connectivity index (χ0) is 10.8. The minimum Gasteiger partial charge on any atom is -0.225 e. The Labute approximate surface area is 79.9 Å². The van der Waals surface area contributed by atoms with E-state index in [0.29, 0.717) is 11.5 Å². The van der Waals surface area contributed by atoms with Gasteiger partial charge in [-0.05, 0) is 18.2 Å². The highest BCUT2D eigenvalue weighted by molar-refractivity contribution is 7.92. The SMILES string of the molecule is NS(=O)(=O)/C=C/c1ccc(F)cc1F. The third-order valence-electron chi connectivity index (χ3n) is 1.40. The fourth-order valence-corrected chi connectivity index (χ4v) is 1.14. The summed E-state index contributed by atoms with van der Waals surface area (Å²) in [6, 6.07) is 2.79. The first kappa shape index (κ1) is 10.8. The largest absolute Gasteiger partial charge is 0.231 e. The van der Waals surface area contributed by atoms with Crippen molar-refractivity contribution in [3.63, 3.8) is 0 Å². The van der Waals surface area contributed by atoms with E-state index in [2.05, 4.69) is 5.14 Å². The van der Waals surface area contributed by atoms with E-state index in [9.17, 15) is 17.2 Å². The van der Waals surface area contributed by atoms with Crippen molar-refractivity contribution in [3.8, 4) is 0 Å². The van der Waals surface area contributed by atoms with E-state index >= 15 is 0 Å². The molecule has 0 bridgehead atoms. The van der Waals surface area contributed by atoms with Crippen LogP contribution >= 0.6 is 0 Å². The summed E-state index contributed by atoms with van der Waals surface area (Å²) in [5, 5.41) is 5.29. The smallest absolute Gasteiger partial charge is 0.225 e. The van der Waals surface area contributed by atoms with Crippen LogP contribution < -0.4 is 5.14 Å². The van der Waals surface area contributed by atoms with E-state index in [1.165, 1.54) is 0 Å². The van der Waals surface area contributed by atoms with Gasteiger partial charge in [0.05, 0.1) is 0 Å². The molecule has 0 aromatic heterocycles. The molecule has 0 atom stereocenters. The van der Waals surface area contributed by atoms with Gasteiger partial charge in [-0.2, -0.15) is 0 Å². The number of hydrogen-bond donors (Lipinski definition) is 1. The number of primary sulfonamides is 1. The highest BCUT2D eigenvalue weighted by Crippen LogP contribution is 2.11. The van der Waals surface area contributed by atoms with E-state index < -0.39 is 21.7 Å². The quantitative estimate of drug-likeness (QED) is 0.813. The van der Waals surface area contributed by atoms with Gasteiger partial charge in [-0.3, -0.25) is 0 Å². The maximum Gasteiger partial charge on any atom is 0.231 e. The maximum atomic E-state index is 12.9. The Bertz CT molecular complexity index is 468. The number of hydrogen-bond acceptors (Lipinski definition) is 2. The lowest BCUT2D eigenvalue weighted by Crippen LogP contribution is -2.06. The number of rotatable bonds is 2. The second kappa shape index (κ2) is 3.85. The molecule has 76 valence electrons. The molecule has 0 unspecified atom stereocenters. The molecule has 0 aliphatic carbocycles. The third-order valence-corrected chi connectivity index (χ3v) is 1.92. The summed E-state index contributed by atoms with van der Waals surface area (Å²) in [6.07, 6.45) is 0.962. The highest BCUT2D eigenvalue weighted by atomic mass is 32.2. The lowest BCUT2D eigenvalue weighted by atomic mass is 10.2. The lowest BCUT2D eigenvalue weighted by Gasteiger charge is -1.95. The van der Waals surface area contributed by atoms with Crippen molar-refractivity contribution in [2.45, 2.75) is 0 Å². The second-order valence-corrected chi connectivity index (χ2v) is 4.01. The van der Waals surface area contributed by atoms with E-state index in [4.69, 9.17) is 0 Å². The molecule has 0 saturated carbocycles. The molecule has 14 heavy (non-hydrogen) atoms. The van der Waals surface area contributed by atoms with Gasteiger partial charge in [-0.15, -0.1) is 0 Å². The number of nitrogens with two attached hydrogens (primary N) is 1. The summed E-state index contributed by atoms with van der Waals surface area (Å²) < 4.78 is 46.3. The Morgan fingerprint density at radius 3 is 2.43 bits per heavy atom. The van der Waals surface area contributed by atoms with Gasteiger partial charge in [0.1, 0.15) is 11.6 Å². The third kappa shape index (κ3) is 3.23. The highest BCUT2D eigenvalue weighted by Gasteiger charge is 2.01. The number of benzene rings is 1. The number of sulfonamides is 1. The second-order valence-electron chi connectivity index (χ2n) is 2.56. The monoisotopic (exact) mass is 219 g/mol. The summed E-state index contributed by atoms with van der Waals surface area (Å²) in [6.45, 7) is 0.